The first-order valence-electron chi connectivity index (χ1n) is 2.63. The largest absolute Gasteiger partial charge is 0.216 e. The number of rotatable bonds is 3. The molecule has 0 heterocycles. The van der Waals surface area contributed by atoms with Gasteiger partial charge in [-0.2, -0.15) is 0 Å². The second kappa shape index (κ2) is 6.17. The molecular formula is C6H9ClFS+. The maximum absolute atomic E-state index is 11.4. The fourth-order valence-corrected chi connectivity index (χ4v) is 1.14. The minimum absolute atomic E-state index is 0.498. The molecule has 0 fully saturated rings. The van der Waals surface area contributed by atoms with Gasteiger partial charge >= 0.3 is 0 Å². The van der Waals surface area contributed by atoms with Crippen LogP contribution in [0, 0.1) is 0 Å². The molecule has 0 aromatic heterocycles. The first-order valence-corrected chi connectivity index (χ1v) is 4.43. The van der Waals surface area contributed by atoms with E-state index in [1.165, 1.54) is 6.08 Å². The topological polar surface area (TPSA) is 0 Å². The van der Waals surface area contributed by atoms with E-state index < -0.39 is 0 Å². The Morgan fingerprint density at radius 3 is 2.78 bits per heavy atom. The highest BCUT2D eigenvalue weighted by atomic mass is 35.7. The van der Waals surface area contributed by atoms with Gasteiger partial charge in [-0.1, -0.05) is 6.92 Å². The molecule has 3 heteroatoms. The number of thiol groups is 1. The van der Waals surface area contributed by atoms with Gasteiger partial charge in [-0.15, -0.1) is 0 Å². The van der Waals surface area contributed by atoms with Gasteiger partial charge in [0, 0.05) is 6.42 Å². The maximum atomic E-state index is 11.4. The van der Waals surface area contributed by atoms with Gasteiger partial charge in [0.15, 0.2) is 10.7 Å². The quantitative estimate of drug-likeness (QED) is 0.345. The molecule has 52 valence electrons. The molecule has 0 aliphatic rings. The summed E-state index contributed by atoms with van der Waals surface area (Å²) < 4.78 is 11.4. The molecule has 0 aromatic rings. The molecule has 0 unspecified atom stereocenters. The predicted molar refractivity (Wildman–Crippen MR) is 43.2 cm³/mol. The van der Waals surface area contributed by atoms with E-state index in [1.807, 2.05) is 6.92 Å². The summed E-state index contributed by atoms with van der Waals surface area (Å²) in [5.74, 6) is 0. The van der Waals surface area contributed by atoms with E-state index in [0.29, 0.717) is 17.3 Å². The van der Waals surface area contributed by atoms with Crippen molar-refractivity contribution < 1.29 is 4.39 Å². The van der Waals surface area contributed by atoms with Crippen molar-refractivity contribution >= 4 is 21.7 Å². The molecule has 0 N–H and O–H groups in total. The molecule has 0 radical (unpaired) electrons. The summed E-state index contributed by atoms with van der Waals surface area (Å²) in [7, 11) is 6.15. The zero-order chi connectivity index (χ0) is 7.11. The molecule has 0 nitrogen and oxygen atoms in total. The monoisotopic (exact) mass is 167 g/mol. The van der Waals surface area contributed by atoms with E-state index in [4.69, 9.17) is 10.7 Å². The van der Waals surface area contributed by atoms with E-state index in [0.717, 1.165) is 11.3 Å². The summed E-state index contributed by atoms with van der Waals surface area (Å²) in [5, 5.41) is 0. The smallest absolute Gasteiger partial charge is 0.179 e. The standard InChI is InChI=1S/C6H8ClFS/c1-2-6(9-7)4-3-5-8/h3-5H,2H2,1H3/p+1/b5-3+,6-4+. The molecule has 9 heavy (non-hydrogen) atoms. The summed E-state index contributed by atoms with van der Waals surface area (Å²) in [6.07, 6.45) is 4.38. The van der Waals surface area contributed by atoms with Crippen LogP contribution in [0.1, 0.15) is 13.3 Å². The van der Waals surface area contributed by atoms with Crippen LogP contribution in [0.15, 0.2) is 23.4 Å². The SMILES string of the molecule is CC/C(=C\C=C\F)[SH+]Cl. The second-order valence-corrected chi connectivity index (χ2v) is 2.67. The van der Waals surface area contributed by atoms with Crippen molar-refractivity contribution in [3.05, 3.63) is 23.4 Å². The molecule has 0 saturated carbocycles. The van der Waals surface area contributed by atoms with Gasteiger partial charge in [-0.25, -0.2) is 4.39 Å². The predicted octanol–water partition coefficient (Wildman–Crippen LogP) is 2.73. The van der Waals surface area contributed by atoms with Crippen LogP contribution in [-0.2, 0) is 11.0 Å². The highest BCUT2D eigenvalue weighted by Gasteiger charge is 1.97. The average molecular weight is 168 g/mol. The van der Waals surface area contributed by atoms with Crippen molar-refractivity contribution in [3.8, 4) is 0 Å². The Morgan fingerprint density at radius 2 is 2.44 bits per heavy atom. The molecule has 0 amide bonds. The van der Waals surface area contributed by atoms with Crippen LogP contribution >= 0.6 is 10.7 Å². The Balaban J connectivity index is 3.75. The van der Waals surface area contributed by atoms with Crippen LogP contribution in [0.5, 0.6) is 0 Å². The molecule has 0 aliphatic heterocycles. The average Bonchev–Trinajstić information content (AvgIpc) is 1.91. The normalized spacial score (nSPS) is 13.0. The molecule has 0 aliphatic carbocycles. The Hall–Kier alpha value is 0.0500. The van der Waals surface area contributed by atoms with E-state index in [2.05, 4.69) is 0 Å². The van der Waals surface area contributed by atoms with Crippen molar-refractivity contribution in [1.29, 1.82) is 0 Å². The Bertz CT molecular complexity index is 114. The van der Waals surface area contributed by atoms with Crippen molar-refractivity contribution in [2.75, 3.05) is 0 Å². The lowest BCUT2D eigenvalue weighted by molar-refractivity contribution is 0.721. The molecule has 0 saturated heterocycles. The number of hydrogen-bond donors (Lipinski definition) is 0. The maximum Gasteiger partial charge on any atom is 0.179 e. The van der Waals surface area contributed by atoms with Crippen molar-refractivity contribution in [2.45, 2.75) is 13.3 Å². The van der Waals surface area contributed by atoms with Crippen LogP contribution in [0.4, 0.5) is 4.39 Å². The van der Waals surface area contributed by atoms with Crippen LogP contribution in [-0.4, -0.2) is 0 Å². The molecule has 0 aromatic carbocycles. The summed E-state index contributed by atoms with van der Waals surface area (Å²) in [6.45, 7) is 1.98. The first-order chi connectivity index (χ1) is 4.35. The molecule has 0 rings (SSSR count). The van der Waals surface area contributed by atoms with E-state index in [1.54, 1.807) is 6.08 Å². The summed E-state index contributed by atoms with van der Waals surface area (Å²) in [6, 6.07) is 0. The lowest BCUT2D eigenvalue weighted by Crippen LogP contribution is -1.74. The highest BCUT2D eigenvalue weighted by Crippen LogP contribution is 2.05. The van der Waals surface area contributed by atoms with Gasteiger partial charge in [0.05, 0.1) is 6.33 Å². The van der Waals surface area contributed by atoms with Gasteiger partial charge < -0.3 is 0 Å². The zero-order valence-corrected chi connectivity index (χ0v) is 6.79. The third-order valence-corrected chi connectivity index (χ3v) is 2.17. The van der Waals surface area contributed by atoms with Crippen molar-refractivity contribution in [1.82, 2.24) is 0 Å². The lowest BCUT2D eigenvalue weighted by atomic mass is 10.4. The highest BCUT2D eigenvalue weighted by molar-refractivity contribution is 8.06. The van der Waals surface area contributed by atoms with Gasteiger partial charge in [0.2, 0.25) is 0 Å². The zero-order valence-electron chi connectivity index (χ0n) is 5.14. The third kappa shape index (κ3) is 4.55. The van der Waals surface area contributed by atoms with Crippen molar-refractivity contribution in [3.63, 3.8) is 0 Å². The lowest BCUT2D eigenvalue weighted by Gasteiger charge is -1.81. The fraction of sp³-hybridized carbons (Fsp3) is 0.333. The Morgan fingerprint density at radius 1 is 1.78 bits per heavy atom. The fourth-order valence-electron chi connectivity index (χ4n) is 0.353. The minimum Gasteiger partial charge on any atom is -0.216 e. The van der Waals surface area contributed by atoms with Crippen LogP contribution in [0.2, 0.25) is 0 Å². The Kier molecular flexibility index (Phi) is 6.21. The molecule has 0 spiro atoms. The summed E-state index contributed by atoms with van der Waals surface area (Å²) in [5.41, 5.74) is 0. The van der Waals surface area contributed by atoms with E-state index in [-0.39, 0.29) is 0 Å². The van der Waals surface area contributed by atoms with Crippen LogP contribution in [0.25, 0.3) is 0 Å². The summed E-state index contributed by atoms with van der Waals surface area (Å²) >= 11 is 0. The summed E-state index contributed by atoms with van der Waals surface area (Å²) in [4.78, 5) is 1.02. The molecular weight excluding hydrogens is 159 g/mol. The van der Waals surface area contributed by atoms with E-state index >= 15 is 0 Å². The van der Waals surface area contributed by atoms with E-state index in [9.17, 15) is 4.39 Å². The van der Waals surface area contributed by atoms with Crippen LogP contribution in [0.3, 0.4) is 0 Å². The second-order valence-electron chi connectivity index (χ2n) is 1.41. The number of allylic oxidation sites excluding steroid dienone is 3. The van der Waals surface area contributed by atoms with Gasteiger partial charge in [-0.3, -0.25) is 0 Å². The van der Waals surface area contributed by atoms with Crippen LogP contribution < -0.4 is 0 Å². The molecule has 0 bridgehead atoms. The molecule has 0 atom stereocenters. The number of halogens is 2. The minimum atomic E-state index is 0.498. The van der Waals surface area contributed by atoms with Gasteiger partial charge in [0.1, 0.15) is 15.9 Å². The van der Waals surface area contributed by atoms with Gasteiger partial charge in [-0.05, 0) is 12.2 Å². The number of hydrogen-bond acceptors (Lipinski definition) is 0. The van der Waals surface area contributed by atoms with Gasteiger partial charge in [0.25, 0.3) is 0 Å². The first kappa shape index (κ1) is 9.05. The Labute approximate surface area is 63.3 Å². The van der Waals surface area contributed by atoms with Crippen molar-refractivity contribution in [2.24, 2.45) is 0 Å². The third-order valence-electron chi connectivity index (χ3n) is 0.832.